The molecular weight excluding hydrogens is 547 g/mol. The SMILES string of the molecule is CN1CCN(CCn2cnc3c(F)c(Cc4ccc(Br)cc4Cl)c(C(=O)COCC4CC4)cc32)CC1. The minimum Gasteiger partial charge on any atom is -0.373 e. The Morgan fingerprint density at radius 3 is 2.69 bits per heavy atom. The minimum atomic E-state index is -0.463. The van der Waals surface area contributed by atoms with E-state index in [1.165, 1.54) is 0 Å². The van der Waals surface area contributed by atoms with Crippen molar-refractivity contribution in [1.29, 1.82) is 0 Å². The Kier molecular flexibility index (Phi) is 8.08. The van der Waals surface area contributed by atoms with Gasteiger partial charge >= 0.3 is 0 Å². The smallest absolute Gasteiger partial charge is 0.188 e. The van der Waals surface area contributed by atoms with E-state index in [9.17, 15) is 4.79 Å². The highest BCUT2D eigenvalue weighted by Gasteiger charge is 2.25. The van der Waals surface area contributed by atoms with Gasteiger partial charge in [0.25, 0.3) is 0 Å². The van der Waals surface area contributed by atoms with E-state index < -0.39 is 5.82 Å². The van der Waals surface area contributed by atoms with Crippen molar-refractivity contribution in [2.45, 2.75) is 25.8 Å². The van der Waals surface area contributed by atoms with Crippen LogP contribution in [-0.2, 0) is 17.7 Å². The van der Waals surface area contributed by atoms with E-state index in [-0.39, 0.29) is 24.3 Å². The molecule has 2 aromatic carbocycles. The summed E-state index contributed by atoms with van der Waals surface area (Å²) in [5.74, 6) is -0.129. The highest BCUT2D eigenvalue weighted by Crippen LogP contribution is 2.31. The summed E-state index contributed by atoms with van der Waals surface area (Å²) in [5.41, 5.74) is 2.33. The number of likely N-dealkylation sites (N-methyl/N-ethyl adjacent to an activating group) is 1. The van der Waals surface area contributed by atoms with Gasteiger partial charge in [0.15, 0.2) is 11.6 Å². The Morgan fingerprint density at radius 2 is 1.97 bits per heavy atom. The Hall–Kier alpha value is -1.84. The van der Waals surface area contributed by atoms with Gasteiger partial charge in [-0.25, -0.2) is 9.37 Å². The van der Waals surface area contributed by atoms with Crippen molar-refractivity contribution in [2.24, 2.45) is 5.92 Å². The molecule has 6 nitrogen and oxygen atoms in total. The first-order chi connectivity index (χ1) is 17.4. The summed E-state index contributed by atoms with van der Waals surface area (Å²) in [6, 6.07) is 7.29. The number of carbonyl (C=O) groups is 1. The molecule has 3 aromatic rings. The molecule has 9 heteroatoms. The van der Waals surface area contributed by atoms with Gasteiger partial charge in [0.1, 0.15) is 12.1 Å². The van der Waals surface area contributed by atoms with Crippen molar-refractivity contribution < 1.29 is 13.9 Å². The summed E-state index contributed by atoms with van der Waals surface area (Å²) in [5, 5.41) is 0.518. The van der Waals surface area contributed by atoms with Crippen LogP contribution in [0.5, 0.6) is 0 Å². The van der Waals surface area contributed by atoms with Gasteiger partial charge in [-0.15, -0.1) is 0 Å². The summed E-state index contributed by atoms with van der Waals surface area (Å²) in [6.07, 6.45) is 4.17. The molecule has 1 aliphatic heterocycles. The second-order valence-corrected chi connectivity index (χ2v) is 11.3. The summed E-state index contributed by atoms with van der Waals surface area (Å²) in [4.78, 5) is 22.4. The van der Waals surface area contributed by atoms with Crippen LogP contribution in [0.15, 0.2) is 35.1 Å². The van der Waals surface area contributed by atoms with Gasteiger partial charge in [-0.05, 0) is 49.6 Å². The van der Waals surface area contributed by atoms with E-state index in [2.05, 4.69) is 37.8 Å². The molecule has 1 saturated carbocycles. The predicted octanol–water partition coefficient (Wildman–Crippen LogP) is 5.04. The van der Waals surface area contributed by atoms with Crippen molar-refractivity contribution in [1.82, 2.24) is 19.4 Å². The number of imidazole rings is 1. The van der Waals surface area contributed by atoms with Gasteiger partial charge in [0, 0.05) is 66.3 Å². The number of nitrogens with zero attached hydrogens (tertiary/aromatic N) is 4. The third-order valence-electron chi connectivity index (χ3n) is 7.18. The molecule has 0 N–H and O–H groups in total. The molecule has 0 spiro atoms. The third-order valence-corrected chi connectivity index (χ3v) is 8.02. The van der Waals surface area contributed by atoms with Crippen LogP contribution in [0, 0.1) is 11.7 Å². The molecule has 5 rings (SSSR count). The number of fused-ring (bicyclic) bond motifs is 1. The van der Waals surface area contributed by atoms with Gasteiger partial charge in [0.05, 0.1) is 18.5 Å². The number of piperazine rings is 1. The minimum absolute atomic E-state index is 0.0576. The van der Waals surface area contributed by atoms with Crippen LogP contribution in [0.25, 0.3) is 11.0 Å². The predicted molar refractivity (Wildman–Crippen MR) is 143 cm³/mol. The molecule has 1 saturated heterocycles. The molecule has 2 heterocycles. The standard InChI is InChI=1S/C27H31BrClFN4O2/c1-32-6-8-33(9-7-32)10-11-34-17-31-27-24(34)14-21(25(35)16-36-15-18-2-3-18)22(26(27)30)12-19-4-5-20(28)13-23(19)29/h4-5,13-14,17-18H,2-3,6-12,15-16H2,1H3. The average molecular weight is 578 g/mol. The first-order valence-electron chi connectivity index (χ1n) is 12.5. The summed E-state index contributed by atoms with van der Waals surface area (Å²) >= 11 is 9.86. The highest BCUT2D eigenvalue weighted by atomic mass is 79.9. The van der Waals surface area contributed by atoms with Gasteiger partial charge in [-0.1, -0.05) is 33.6 Å². The number of ketones is 1. The van der Waals surface area contributed by atoms with Crippen LogP contribution in [-0.4, -0.2) is 78.1 Å². The van der Waals surface area contributed by atoms with Crippen molar-refractivity contribution in [3.63, 3.8) is 0 Å². The van der Waals surface area contributed by atoms with E-state index >= 15 is 4.39 Å². The molecule has 2 fully saturated rings. The van der Waals surface area contributed by atoms with Gasteiger partial charge in [-0.3, -0.25) is 9.69 Å². The van der Waals surface area contributed by atoms with E-state index in [0.717, 1.165) is 55.6 Å². The van der Waals surface area contributed by atoms with Crippen molar-refractivity contribution in [2.75, 3.05) is 53.0 Å². The quantitative estimate of drug-likeness (QED) is 0.316. The fourth-order valence-electron chi connectivity index (χ4n) is 4.65. The normalized spacial score (nSPS) is 17.2. The van der Waals surface area contributed by atoms with Crippen LogP contribution in [0.4, 0.5) is 4.39 Å². The molecule has 1 aromatic heterocycles. The Balaban J connectivity index is 1.44. The highest BCUT2D eigenvalue weighted by molar-refractivity contribution is 9.10. The summed E-state index contributed by atoms with van der Waals surface area (Å²) in [6.45, 7) is 6.16. The maximum absolute atomic E-state index is 16.0. The van der Waals surface area contributed by atoms with E-state index in [4.69, 9.17) is 16.3 Å². The first kappa shape index (κ1) is 25.8. The molecule has 0 unspecified atom stereocenters. The van der Waals surface area contributed by atoms with E-state index in [0.29, 0.717) is 40.7 Å². The molecule has 0 radical (unpaired) electrons. The maximum Gasteiger partial charge on any atom is 0.188 e. The number of hydrogen-bond donors (Lipinski definition) is 0. The summed E-state index contributed by atoms with van der Waals surface area (Å²) in [7, 11) is 2.13. The number of hydrogen-bond acceptors (Lipinski definition) is 5. The number of aromatic nitrogens is 2. The average Bonchev–Trinajstić information content (AvgIpc) is 3.59. The summed E-state index contributed by atoms with van der Waals surface area (Å²) < 4.78 is 24.4. The lowest BCUT2D eigenvalue weighted by molar-refractivity contribution is 0.0738. The lowest BCUT2D eigenvalue weighted by atomic mass is 9.95. The molecule has 192 valence electrons. The zero-order valence-electron chi connectivity index (χ0n) is 20.5. The fourth-order valence-corrected chi connectivity index (χ4v) is 5.39. The van der Waals surface area contributed by atoms with Crippen molar-refractivity contribution in [3.05, 3.63) is 62.6 Å². The first-order valence-corrected chi connectivity index (χ1v) is 13.7. The number of rotatable bonds is 10. The molecule has 1 aliphatic carbocycles. The second-order valence-electron chi connectivity index (χ2n) is 9.96. The lowest BCUT2D eigenvalue weighted by Crippen LogP contribution is -2.45. The number of halogens is 3. The Morgan fingerprint density at radius 1 is 1.19 bits per heavy atom. The lowest BCUT2D eigenvalue weighted by Gasteiger charge is -2.32. The number of benzene rings is 2. The fraction of sp³-hybridized carbons (Fsp3) is 0.481. The van der Waals surface area contributed by atoms with Gasteiger partial charge in [-0.2, -0.15) is 0 Å². The Bertz CT molecular complexity index is 1250. The second kappa shape index (κ2) is 11.3. The largest absolute Gasteiger partial charge is 0.373 e. The van der Waals surface area contributed by atoms with Crippen LogP contribution in [0.2, 0.25) is 5.02 Å². The van der Waals surface area contributed by atoms with Crippen LogP contribution in [0.1, 0.15) is 34.3 Å². The van der Waals surface area contributed by atoms with Crippen LogP contribution >= 0.6 is 27.5 Å². The molecule has 0 atom stereocenters. The number of ether oxygens (including phenoxy) is 1. The van der Waals surface area contributed by atoms with Crippen LogP contribution < -0.4 is 0 Å². The maximum atomic E-state index is 16.0. The van der Waals surface area contributed by atoms with E-state index in [1.807, 2.05) is 16.7 Å². The third kappa shape index (κ3) is 6.00. The number of Topliss-reactive ketones (excluding diaryl/α,β-unsaturated/α-hetero) is 1. The van der Waals surface area contributed by atoms with Gasteiger partial charge in [0.2, 0.25) is 0 Å². The molecular formula is C27H31BrClFN4O2. The van der Waals surface area contributed by atoms with Crippen molar-refractivity contribution >= 4 is 44.3 Å². The number of carbonyl (C=O) groups excluding carboxylic acids is 1. The van der Waals surface area contributed by atoms with Crippen molar-refractivity contribution in [3.8, 4) is 0 Å². The monoisotopic (exact) mass is 576 g/mol. The molecule has 0 amide bonds. The van der Waals surface area contributed by atoms with E-state index in [1.54, 1.807) is 18.5 Å². The molecule has 2 aliphatic rings. The topological polar surface area (TPSA) is 50.6 Å². The van der Waals surface area contributed by atoms with Crippen LogP contribution in [0.3, 0.4) is 0 Å². The Labute approximate surface area is 224 Å². The molecule has 0 bridgehead atoms. The molecule has 36 heavy (non-hydrogen) atoms. The zero-order valence-corrected chi connectivity index (χ0v) is 22.8. The van der Waals surface area contributed by atoms with Gasteiger partial charge < -0.3 is 14.2 Å². The zero-order chi connectivity index (χ0) is 25.2.